The summed E-state index contributed by atoms with van der Waals surface area (Å²) in [6, 6.07) is 2.85. The van der Waals surface area contributed by atoms with Crippen molar-refractivity contribution in [2.75, 3.05) is 7.11 Å². The van der Waals surface area contributed by atoms with Crippen LogP contribution in [0, 0.1) is 11.8 Å². The van der Waals surface area contributed by atoms with Crippen molar-refractivity contribution in [3.63, 3.8) is 0 Å². The van der Waals surface area contributed by atoms with E-state index in [0.29, 0.717) is 6.29 Å². The number of carbonyl (C=O) groups excluding carboxylic acids is 2. The predicted molar refractivity (Wildman–Crippen MR) is 56.1 cm³/mol. The van der Waals surface area contributed by atoms with Crippen LogP contribution >= 0.6 is 0 Å². The van der Waals surface area contributed by atoms with E-state index in [1.54, 1.807) is 0 Å². The van der Waals surface area contributed by atoms with Crippen molar-refractivity contribution in [3.8, 4) is 23.3 Å². The lowest BCUT2D eigenvalue weighted by Crippen LogP contribution is -2.06. The average Bonchev–Trinajstić information content (AvgIpc) is 2.26. The van der Waals surface area contributed by atoms with E-state index in [2.05, 4.69) is 5.92 Å². The van der Waals surface area contributed by atoms with E-state index in [1.165, 1.54) is 19.2 Å². The van der Waals surface area contributed by atoms with Crippen molar-refractivity contribution in [2.24, 2.45) is 5.73 Å². The molecule has 0 heterocycles. The van der Waals surface area contributed by atoms with Crippen LogP contribution in [-0.4, -0.2) is 24.4 Å². The molecule has 0 radical (unpaired) electrons. The maximum Gasteiger partial charge on any atom is 0.293 e. The van der Waals surface area contributed by atoms with E-state index in [4.69, 9.17) is 10.5 Å². The minimum absolute atomic E-state index is 0.0214. The summed E-state index contributed by atoms with van der Waals surface area (Å²) < 4.78 is 4.84. The third kappa shape index (κ3) is 2.30. The van der Waals surface area contributed by atoms with Gasteiger partial charge < -0.3 is 15.6 Å². The minimum atomic E-state index is -0.848. The fourth-order valence-electron chi connectivity index (χ4n) is 1.11. The molecule has 0 aromatic heterocycles. The van der Waals surface area contributed by atoms with E-state index in [0.717, 1.165) is 0 Å². The molecule has 5 nitrogen and oxygen atoms in total. The molecule has 0 aliphatic carbocycles. The van der Waals surface area contributed by atoms with Gasteiger partial charge in [-0.25, -0.2) is 0 Å². The Hall–Kier alpha value is -2.48. The van der Waals surface area contributed by atoms with Crippen LogP contribution in [0.5, 0.6) is 11.5 Å². The van der Waals surface area contributed by atoms with Crippen molar-refractivity contribution in [1.29, 1.82) is 0 Å². The lowest BCUT2D eigenvalue weighted by Gasteiger charge is -2.06. The highest BCUT2D eigenvalue weighted by Gasteiger charge is 2.10. The maximum absolute atomic E-state index is 10.7. The second-order valence-corrected chi connectivity index (χ2v) is 2.81. The topological polar surface area (TPSA) is 89.6 Å². The Bertz CT molecular complexity index is 497. The zero-order chi connectivity index (χ0) is 12.1. The number of phenolic OH excluding ortho intramolecular Hbond substituents is 1. The smallest absolute Gasteiger partial charge is 0.293 e. The quantitative estimate of drug-likeness (QED) is 0.543. The Morgan fingerprint density at radius 3 is 2.75 bits per heavy atom. The highest BCUT2D eigenvalue weighted by molar-refractivity contribution is 5.93. The Morgan fingerprint density at radius 1 is 1.56 bits per heavy atom. The number of aromatic hydroxyl groups is 1. The molecule has 0 saturated carbocycles. The zero-order valence-corrected chi connectivity index (χ0v) is 8.48. The number of methoxy groups -OCH3 is 1. The number of carbonyl (C=O) groups is 2. The second-order valence-electron chi connectivity index (χ2n) is 2.81. The number of phenols is 1. The molecule has 0 unspecified atom stereocenters. The van der Waals surface area contributed by atoms with Crippen molar-refractivity contribution in [3.05, 3.63) is 23.3 Å². The number of amides is 1. The van der Waals surface area contributed by atoms with Gasteiger partial charge in [-0.15, -0.1) is 0 Å². The number of hydrogen-bond donors (Lipinski definition) is 2. The predicted octanol–water partition coefficient (Wildman–Crippen LogP) is 0.0501. The molecular weight excluding hydrogens is 210 g/mol. The maximum atomic E-state index is 10.7. The number of hydrogen-bond acceptors (Lipinski definition) is 4. The molecule has 0 fully saturated rings. The second kappa shape index (κ2) is 4.84. The summed E-state index contributed by atoms with van der Waals surface area (Å²) in [6.07, 6.45) is 0.518. The first-order valence-corrected chi connectivity index (χ1v) is 4.26. The summed E-state index contributed by atoms with van der Waals surface area (Å²) in [5, 5.41) is 9.68. The van der Waals surface area contributed by atoms with Gasteiger partial charge in [0.25, 0.3) is 5.91 Å². The molecule has 0 atom stereocenters. The molecule has 5 heteroatoms. The summed E-state index contributed by atoms with van der Waals surface area (Å²) in [4.78, 5) is 21.2. The molecule has 16 heavy (non-hydrogen) atoms. The summed E-state index contributed by atoms with van der Waals surface area (Å²) >= 11 is 0. The highest BCUT2D eigenvalue weighted by Crippen LogP contribution is 2.30. The molecule has 0 aliphatic heterocycles. The van der Waals surface area contributed by atoms with Crippen LogP contribution in [0.1, 0.15) is 15.9 Å². The van der Waals surface area contributed by atoms with E-state index < -0.39 is 5.91 Å². The number of primary amides is 1. The van der Waals surface area contributed by atoms with Gasteiger partial charge in [0, 0.05) is 11.5 Å². The molecule has 1 amide bonds. The third-order valence-corrected chi connectivity index (χ3v) is 1.83. The van der Waals surface area contributed by atoms with E-state index in [1.807, 2.05) is 5.92 Å². The SMILES string of the molecule is COc1ccc(C=O)c(C#CC(N)=O)c1O. The summed E-state index contributed by atoms with van der Waals surface area (Å²) in [7, 11) is 1.36. The summed E-state index contributed by atoms with van der Waals surface area (Å²) in [6.45, 7) is 0. The highest BCUT2D eigenvalue weighted by atomic mass is 16.5. The normalized spacial score (nSPS) is 8.81. The van der Waals surface area contributed by atoms with Gasteiger partial charge in [-0.1, -0.05) is 5.92 Å². The van der Waals surface area contributed by atoms with Crippen molar-refractivity contribution in [1.82, 2.24) is 0 Å². The van der Waals surface area contributed by atoms with Gasteiger partial charge in [-0.3, -0.25) is 9.59 Å². The largest absolute Gasteiger partial charge is 0.503 e. The van der Waals surface area contributed by atoms with Gasteiger partial charge in [-0.05, 0) is 12.1 Å². The van der Waals surface area contributed by atoms with Gasteiger partial charge in [0.05, 0.1) is 12.7 Å². The van der Waals surface area contributed by atoms with E-state index >= 15 is 0 Å². The molecule has 0 spiro atoms. The van der Waals surface area contributed by atoms with Crippen LogP contribution < -0.4 is 10.5 Å². The number of nitrogens with two attached hydrogens (primary N) is 1. The fourth-order valence-corrected chi connectivity index (χ4v) is 1.11. The summed E-state index contributed by atoms with van der Waals surface area (Å²) in [5.41, 5.74) is 5.02. The Balaban J connectivity index is 3.39. The first-order valence-electron chi connectivity index (χ1n) is 4.26. The third-order valence-electron chi connectivity index (χ3n) is 1.83. The van der Waals surface area contributed by atoms with Crippen molar-refractivity contribution < 1.29 is 19.4 Å². The van der Waals surface area contributed by atoms with Crippen LogP contribution in [0.3, 0.4) is 0 Å². The minimum Gasteiger partial charge on any atom is -0.503 e. The number of rotatable bonds is 2. The number of ether oxygens (including phenoxy) is 1. The lowest BCUT2D eigenvalue weighted by atomic mass is 10.1. The lowest BCUT2D eigenvalue weighted by molar-refractivity contribution is -0.112. The molecular formula is C11H9NO4. The average molecular weight is 219 g/mol. The number of benzene rings is 1. The summed E-state index contributed by atoms with van der Waals surface area (Å²) in [5.74, 6) is 3.39. The van der Waals surface area contributed by atoms with Crippen LogP contribution in [0.2, 0.25) is 0 Å². The molecule has 1 aromatic rings. The van der Waals surface area contributed by atoms with Gasteiger partial charge >= 0.3 is 0 Å². The zero-order valence-electron chi connectivity index (χ0n) is 8.48. The number of aldehydes is 1. The van der Waals surface area contributed by atoms with Gasteiger partial charge in [0.15, 0.2) is 17.8 Å². The molecule has 1 rings (SSSR count). The molecule has 1 aromatic carbocycles. The Morgan fingerprint density at radius 2 is 2.25 bits per heavy atom. The van der Waals surface area contributed by atoms with Gasteiger partial charge in [0.1, 0.15) is 0 Å². The van der Waals surface area contributed by atoms with Crippen LogP contribution in [-0.2, 0) is 4.79 Å². The first-order chi connectivity index (χ1) is 7.60. The van der Waals surface area contributed by atoms with Gasteiger partial charge in [-0.2, -0.15) is 0 Å². The van der Waals surface area contributed by atoms with Crippen LogP contribution in [0.4, 0.5) is 0 Å². The van der Waals surface area contributed by atoms with Crippen molar-refractivity contribution in [2.45, 2.75) is 0 Å². The fraction of sp³-hybridized carbons (Fsp3) is 0.0909. The standard InChI is InChI=1S/C11H9NO4/c1-16-9-4-2-7(6-13)8(11(9)15)3-5-10(12)14/h2,4,6,15H,1H3,(H2,12,14). The molecule has 0 bridgehead atoms. The van der Waals surface area contributed by atoms with Crippen LogP contribution in [0.25, 0.3) is 0 Å². The first kappa shape index (κ1) is 11.6. The van der Waals surface area contributed by atoms with Crippen molar-refractivity contribution >= 4 is 12.2 Å². The monoisotopic (exact) mass is 219 g/mol. The molecule has 3 N–H and O–H groups in total. The molecule has 0 saturated heterocycles. The van der Waals surface area contributed by atoms with Gasteiger partial charge in [0.2, 0.25) is 0 Å². The van der Waals surface area contributed by atoms with Crippen LogP contribution in [0.15, 0.2) is 12.1 Å². The van der Waals surface area contributed by atoms with E-state index in [-0.39, 0.29) is 22.6 Å². The Labute approximate surface area is 91.8 Å². The van der Waals surface area contributed by atoms with E-state index in [9.17, 15) is 14.7 Å². The molecule has 0 aliphatic rings. The molecule has 82 valence electrons. The Kier molecular flexibility index (Phi) is 3.51.